The SMILES string of the molecule is CN(C)CCOCCNCCS(C)(=O)=O. The van der Waals surface area contributed by atoms with Gasteiger partial charge in [0.25, 0.3) is 0 Å². The van der Waals surface area contributed by atoms with Gasteiger partial charge in [0.15, 0.2) is 0 Å². The summed E-state index contributed by atoms with van der Waals surface area (Å²) >= 11 is 0. The first-order valence-corrected chi connectivity index (χ1v) is 7.09. The Bertz CT molecular complexity index is 240. The molecule has 0 aromatic heterocycles. The Balaban J connectivity index is 3.12. The molecule has 0 spiro atoms. The minimum absolute atomic E-state index is 0.185. The molecule has 0 saturated heterocycles. The zero-order valence-corrected chi connectivity index (χ0v) is 10.6. The lowest BCUT2D eigenvalue weighted by atomic mass is 10.6. The number of likely N-dealkylation sites (N-methyl/N-ethyl adjacent to an activating group) is 1. The van der Waals surface area contributed by atoms with Crippen LogP contribution in [0.25, 0.3) is 0 Å². The van der Waals surface area contributed by atoms with Crippen LogP contribution in [0.3, 0.4) is 0 Å². The minimum Gasteiger partial charge on any atom is -0.379 e. The van der Waals surface area contributed by atoms with E-state index in [0.29, 0.717) is 26.3 Å². The van der Waals surface area contributed by atoms with Crippen molar-refractivity contribution in [3.05, 3.63) is 0 Å². The van der Waals surface area contributed by atoms with Crippen molar-refractivity contribution in [1.29, 1.82) is 0 Å². The highest BCUT2D eigenvalue weighted by atomic mass is 32.2. The second-order valence-corrected chi connectivity index (χ2v) is 6.06. The molecule has 0 aromatic carbocycles. The number of sulfone groups is 1. The van der Waals surface area contributed by atoms with Gasteiger partial charge in [-0.25, -0.2) is 8.42 Å². The summed E-state index contributed by atoms with van der Waals surface area (Å²) in [5.74, 6) is 0.185. The van der Waals surface area contributed by atoms with E-state index in [-0.39, 0.29) is 5.75 Å². The van der Waals surface area contributed by atoms with Crippen LogP contribution in [0.1, 0.15) is 0 Å². The first-order valence-electron chi connectivity index (χ1n) is 5.03. The third-order valence-corrected chi connectivity index (χ3v) is 2.70. The molecule has 0 fully saturated rings. The van der Waals surface area contributed by atoms with Crippen LogP contribution >= 0.6 is 0 Å². The molecule has 0 aromatic rings. The van der Waals surface area contributed by atoms with E-state index >= 15 is 0 Å². The van der Waals surface area contributed by atoms with Crippen LogP contribution in [-0.2, 0) is 14.6 Å². The van der Waals surface area contributed by atoms with E-state index in [4.69, 9.17) is 4.74 Å². The first-order chi connectivity index (χ1) is 6.92. The molecule has 0 radical (unpaired) electrons. The van der Waals surface area contributed by atoms with Gasteiger partial charge in [0.2, 0.25) is 0 Å². The first kappa shape index (κ1) is 14.8. The van der Waals surface area contributed by atoms with Crippen molar-refractivity contribution in [2.75, 3.05) is 59.0 Å². The number of hydrogen-bond donors (Lipinski definition) is 1. The van der Waals surface area contributed by atoms with Crippen molar-refractivity contribution in [2.24, 2.45) is 0 Å². The van der Waals surface area contributed by atoms with E-state index in [1.807, 2.05) is 14.1 Å². The van der Waals surface area contributed by atoms with Crippen LogP contribution in [0.5, 0.6) is 0 Å². The zero-order valence-electron chi connectivity index (χ0n) is 9.82. The Hall–Kier alpha value is -0.170. The molecule has 0 amide bonds. The molecular formula is C9H22N2O3S. The Morgan fingerprint density at radius 3 is 2.40 bits per heavy atom. The van der Waals surface area contributed by atoms with Gasteiger partial charge in [-0.1, -0.05) is 0 Å². The van der Waals surface area contributed by atoms with E-state index in [9.17, 15) is 8.42 Å². The van der Waals surface area contributed by atoms with E-state index in [1.165, 1.54) is 6.26 Å². The fraction of sp³-hybridized carbons (Fsp3) is 1.00. The highest BCUT2D eigenvalue weighted by molar-refractivity contribution is 7.90. The highest BCUT2D eigenvalue weighted by Gasteiger charge is 1.99. The number of nitrogens with zero attached hydrogens (tertiary/aromatic N) is 1. The van der Waals surface area contributed by atoms with Crippen LogP contribution in [0.2, 0.25) is 0 Å². The molecule has 15 heavy (non-hydrogen) atoms. The van der Waals surface area contributed by atoms with Gasteiger partial charge in [-0.15, -0.1) is 0 Å². The smallest absolute Gasteiger partial charge is 0.148 e. The fourth-order valence-corrected chi connectivity index (χ4v) is 1.39. The molecule has 0 atom stereocenters. The summed E-state index contributed by atoms with van der Waals surface area (Å²) in [7, 11) is 1.14. The van der Waals surface area contributed by atoms with Crippen molar-refractivity contribution in [3.8, 4) is 0 Å². The number of rotatable bonds is 9. The van der Waals surface area contributed by atoms with E-state index < -0.39 is 9.84 Å². The lowest BCUT2D eigenvalue weighted by molar-refractivity contribution is 0.119. The van der Waals surface area contributed by atoms with E-state index in [2.05, 4.69) is 10.2 Å². The second kappa shape index (κ2) is 8.04. The molecule has 0 rings (SSSR count). The monoisotopic (exact) mass is 238 g/mol. The van der Waals surface area contributed by atoms with Crippen molar-refractivity contribution in [3.63, 3.8) is 0 Å². The number of nitrogens with one attached hydrogen (secondary N) is 1. The number of hydrogen-bond acceptors (Lipinski definition) is 5. The van der Waals surface area contributed by atoms with Crippen molar-refractivity contribution in [2.45, 2.75) is 0 Å². The van der Waals surface area contributed by atoms with Gasteiger partial charge in [0, 0.05) is 25.9 Å². The predicted molar refractivity (Wildman–Crippen MR) is 62.0 cm³/mol. The van der Waals surface area contributed by atoms with Crippen molar-refractivity contribution >= 4 is 9.84 Å². The van der Waals surface area contributed by atoms with Crippen molar-refractivity contribution in [1.82, 2.24) is 10.2 Å². The fourth-order valence-electron chi connectivity index (χ4n) is 0.876. The molecule has 0 aliphatic rings. The van der Waals surface area contributed by atoms with Crippen LogP contribution in [0, 0.1) is 0 Å². The maximum Gasteiger partial charge on any atom is 0.148 e. The van der Waals surface area contributed by atoms with Crippen LogP contribution in [-0.4, -0.2) is 72.3 Å². The zero-order chi connectivity index (χ0) is 11.7. The molecule has 92 valence electrons. The molecule has 0 saturated carbocycles. The summed E-state index contributed by atoms with van der Waals surface area (Å²) in [5.41, 5.74) is 0. The van der Waals surface area contributed by atoms with Gasteiger partial charge in [0.05, 0.1) is 19.0 Å². The second-order valence-electron chi connectivity index (χ2n) is 3.80. The predicted octanol–water partition coefficient (Wildman–Crippen LogP) is -0.801. The van der Waals surface area contributed by atoms with Crippen LogP contribution in [0.4, 0.5) is 0 Å². The minimum atomic E-state index is -2.84. The average molecular weight is 238 g/mol. The maximum atomic E-state index is 10.8. The Morgan fingerprint density at radius 1 is 1.20 bits per heavy atom. The topological polar surface area (TPSA) is 58.6 Å². The van der Waals surface area contributed by atoms with Gasteiger partial charge >= 0.3 is 0 Å². The summed E-state index contributed by atoms with van der Waals surface area (Å²) in [6.45, 7) is 3.43. The van der Waals surface area contributed by atoms with Gasteiger partial charge in [-0.3, -0.25) is 0 Å². The molecule has 0 unspecified atom stereocenters. The summed E-state index contributed by atoms with van der Waals surface area (Å²) in [4.78, 5) is 2.05. The van der Waals surface area contributed by atoms with Gasteiger partial charge in [-0.05, 0) is 14.1 Å². The third kappa shape index (κ3) is 13.8. The van der Waals surface area contributed by atoms with Gasteiger partial charge in [0.1, 0.15) is 9.84 Å². The Morgan fingerprint density at radius 2 is 1.87 bits per heavy atom. The molecule has 1 N–H and O–H groups in total. The Kier molecular flexibility index (Phi) is 7.95. The molecule has 0 bridgehead atoms. The molecule has 5 nitrogen and oxygen atoms in total. The summed E-state index contributed by atoms with van der Waals surface area (Å²) < 4.78 is 26.9. The summed E-state index contributed by atoms with van der Waals surface area (Å²) in [5, 5.41) is 3.01. The quantitative estimate of drug-likeness (QED) is 0.533. The van der Waals surface area contributed by atoms with Crippen molar-refractivity contribution < 1.29 is 13.2 Å². The van der Waals surface area contributed by atoms with Crippen LogP contribution < -0.4 is 5.32 Å². The van der Waals surface area contributed by atoms with Crippen LogP contribution in [0.15, 0.2) is 0 Å². The molecule has 6 heteroatoms. The normalized spacial score (nSPS) is 12.3. The van der Waals surface area contributed by atoms with E-state index in [1.54, 1.807) is 0 Å². The van der Waals surface area contributed by atoms with E-state index in [0.717, 1.165) is 6.54 Å². The van der Waals surface area contributed by atoms with Gasteiger partial charge < -0.3 is 15.0 Å². The van der Waals surface area contributed by atoms with Gasteiger partial charge in [-0.2, -0.15) is 0 Å². The third-order valence-electron chi connectivity index (χ3n) is 1.76. The molecule has 0 heterocycles. The molecular weight excluding hydrogens is 216 g/mol. The number of ether oxygens (including phenoxy) is 1. The summed E-state index contributed by atoms with van der Waals surface area (Å²) in [6, 6.07) is 0. The molecule has 0 aliphatic carbocycles. The lowest BCUT2D eigenvalue weighted by Gasteiger charge is -2.10. The standard InChI is InChI=1S/C9H22N2O3S/c1-11(2)6-8-14-7-4-10-5-9-15(3,12)13/h10H,4-9H2,1-3H3. The average Bonchev–Trinajstić information content (AvgIpc) is 2.07. The molecule has 0 aliphatic heterocycles. The summed E-state index contributed by atoms with van der Waals surface area (Å²) in [6.07, 6.45) is 1.24. The largest absolute Gasteiger partial charge is 0.379 e. The lowest BCUT2D eigenvalue weighted by Crippen LogP contribution is -2.27. The Labute approximate surface area is 92.7 Å². The highest BCUT2D eigenvalue weighted by Crippen LogP contribution is 1.80. The maximum absolute atomic E-state index is 10.8.